The lowest BCUT2D eigenvalue weighted by molar-refractivity contribution is -0.141. The van der Waals surface area contributed by atoms with Gasteiger partial charge in [0.05, 0.1) is 12.1 Å². The van der Waals surface area contributed by atoms with E-state index in [0.29, 0.717) is 38.9 Å². The minimum Gasteiger partial charge on any atom is -0.349 e. The summed E-state index contributed by atoms with van der Waals surface area (Å²) in [5, 5.41) is 10.8. The van der Waals surface area contributed by atoms with Gasteiger partial charge in [-0.15, -0.1) is 11.3 Å². The van der Waals surface area contributed by atoms with E-state index >= 15 is 0 Å². The molecule has 0 spiro atoms. The summed E-state index contributed by atoms with van der Waals surface area (Å²) in [6.45, 7) is 1.12. The number of aromatic nitrogens is 1. The largest absolute Gasteiger partial charge is 0.349 e. The summed E-state index contributed by atoms with van der Waals surface area (Å²) in [7, 11) is 0. The van der Waals surface area contributed by atoms with Crippen molar-refractivity contribution >= 4 is 58.3 Å². The van der Waals surface area contributed by atoms with Crippen LogP contribution in [0.2, 0.25) is 0 Å². The van der Waals surface area contributed by atoms with Crippen LogP contribution in [0.1, 0.15) is 58.4 Å². The molecule has 0 aliphatic carbocycles. The zero-order valence-corrected chi connectivity index (χ0v) is 40.5. The van der Waals surface area contributed by atoms with Gasteiger partial charge in [-0.25, -0.2) is 0 Å². The SMILES string of the molecule is O=C(NCCc1ccccc1)C(=O)C(Cc1ccccc1)NC(=O)C1CCC(=O)N1Cc1ccccc1.O=C(NCc1cncs1)C(=O)C(Cc1ccccc1)NC(=O)C1CCC(=O)N1Cc1ccccc1. The third-order valence-corrected chi connectivity index (χ3v) is 13.2. The fraction of sp³-hybridized carbons (Fsp3) is 0.268. The molecule has 6 aromatic rings. The van der Waals surface area contributed by atoms with Gasteiger partial charge in [0.15, 0.2) is 0 Å². The molecule has 2 aliphatic rings. The van der Waals surface area contributed by atoms with Gasteiger partial charge >= 0.3 is 0 Å². The highest BCUT2D eigenvalue weighted by Crippen LogP contribution is 2.24. The first-order chi connectivity index (χ1) is 35.0. The molecular formula is C56H57N7O8S. The van der Waals surface area contributed by atoms with Gasteiger partial charge in [0.2, 0.25) is 35.2 Å². The van der Waals surface area contributed by atoms with Crippen LogP contribution >= 0.6 is 11.3 Å². The molecule has 16 heteroatoms. The van der Waals surface area contributed by atoms with Crippen LogP contribution < -0.4 is 21.3 Å². The van der Waals surface area contributed by atoms with Crippen LogP contribution in [-0.4, -0.2) is 92.5 Å². The van der Waals surface area contributed by atoms with Crippen molar-refractivity contribution < 1.29 is 38.4 Å². The average Bonchev–Trinajstić information content (AvgIpc) is 4.17. The van der Waals surface area contributed by atoms with Gasteiger partial charge in [0, 0.05) is 56.4 Å². The maximum absolute atomic E-state index is 13.3. The van der Waals surface area contributed by atoms with Crippen LogP contribution in [0.3, 0.4) is 0 Å². The minimum absolute atomic E-state index is 0.103. The molecular weight excluding hydrogens is 931 g/mol. The molecule has 370 valence electrons. The van der Waals surface area contributed by atoms with E-state index in [1.165, 1.54) is 11.3 Å². The summed E-state index contributed by atoms with van der Waals surface area (Å²) >= 11 is 1.37. The third-order valence-electron chi connectivity index (χ3n) is 12.4. The monoisotopic (exact) mass is 987 g/mol. The molecule has 0 bridgehead atoms. The molecule has 5 aromatic carbocycles. The van der Waals surface area contributed by atoms with Crippen molar-refractivity contribution in [3.8, 4) is 0 Å². The Kier molecular flexibility index (Phi) is 18.8. The predicted octanol–water partition coefficient (Wildman–Crippen LogP) is 5.08. The van der Waals surface area contributed by atoms with Gasteiger partial charge in [-0.05, 0) is 47.1 Å². The molecule has 0 radical (unpaired) electrons. The van der Waals surface area contributed by atoms with Crippen LogP contribution in [0, 0.1) is 0 Å². The van der Waals surface area contributed by atoms with Crippen LogP contribution in [-0.2, 0) is 77.3 Å². The number of carbonyl (C=O) groups is 8. The highest BCUT2D eigenvalue weighted by atomic mass is 32.1. The van der Waals surface area contributed by atoms with E-state index in [4.69, 9.17) is 0 Å². The zero-order valence-electron chi connectivity index (χ0n) is 39.7. The molecule has 0 saturated carbocycles. The Labute approximate surface area is 422 Å². The fourth-order valence-electron chi connectivity index (χ4n) is 8.58. The number of nitrogens with one attached hydrogen (secondary N) is 4. The molecule has 8 rings (SSSR count). The summed E-state index contributed by atoms with van der Waals surface area (Å²) in [6, 6.07) is 43.5. The van der Waals surface area contributed by atoms with Gasteiger partial charge < -0.3 is 31.1 Å². The summed E-state index contributed by atoms with van der Waals surface area (Å²) in [6.07, 6.45) is 3.81. The van der Waals surface area contributed by atoms with Crippen molar-refractivity contribution in [3.05, 3.63) is 196 Å². The van der Waals surface area contributed by atoms with Crippen molar-refractivity contribution in [3.63, 3.8) is 0 Å². The van der Waals surface area contributed by atoms with E-state index in [0.717, 1.165) is 32.7 Å². The van der Waals surface area contributed by atoms with Crippen molar-refractivity contribution in [1.29, 1.82) is 0 Å². The van der Waals surface area contributed by atoms with Crippen molar-refractivity contribution in [2.24, 2.45) is 0 Å². The maximum atomic E-state index is 13.3. The highest BCUT2D eigenvalue weighted by molar-refractivity contribution is 7.09. The number of benzene rings is 5. The average molecular weight is 988 g/mol. The molecule has 6 amide bonds. The molecule has 72 heavy (non-hydrogen) atoms. The first-order valence-electron chi connectivity index (χ1n) is 23.9. The van der Waals surface area contributed by atoms with E-state index in [9.17, 15) is 38.4 Å². The summed E-state index contributed by atoms with van der Waals surface area (Å²) in [5.41, 5.74) is 6.16. The zero-order chi connectivity index (χ0) is 50.7. The third kappa shape index (κ3) is 14.9. The second kappa shape index (κ2) is 26.2. The number of hydrogen-bond acceptors (Lipinski definition) is 10. The van der Waals surface area contributed by atoms with E-state index < -0.39 is 59.4 Å². The van der Waals surface area contributed by atoms with E-state index in [2.05, 4.69) is 26.3 Å². The number of ketones is 2. The highest BCUT2D eigenvalue weighted by Gasteiger charge is 2.40. The molecule has 2 aliphatic heterocycles. The second-order valence-electron chi connectivity index (χ2n) is 17.5. The molecule has 1 aromatic heterocycles. The quantitative estimate of drug-likeness (QED) is 0.0710. The number of likely N-dealkylation sites (tertiary alicyclic amines) is 2. The predicted molar refractivity (Wildman–Crippen MR) is 271 cm³/mol. The number of thiazole rings is 1. The number of hydrogen-bond donors (Lipinski definition) is 4. The minimum atomic E-state index is -1.05. The Hall–Kier alpha value is -8.11. The van der Waals surface area contributed by atoms with Gasteiger partial charge in [-0.3, -0.25) is 43.3 Å². The standard InChI is InChI=1S/C30H31N3O4.C26H26N4O4S/c34-27-17-16-26(33(27)21-24-14-8-3-9-15-24)29(36)32-25(20-23-12-6-2-7-13-23)28(35)30(37)31-19-18-22-10-4-1-5-11-22;31-23-12-11-22(30(23)16-19-9-5-2-6-10-19)25(33)29-21(13-18-7-3-1-4-8-18)24(32)26(34)28-15-20-14-27-17-35-20/h1-15,25-26H,16-21H2,(H,31,37)(H,32,36);1-10,14,17,21-22H,11-13,15-16H2,(H,28,34)(H,29,33). The Balaban J connectivity index is 0.000000212. The molecule has 3 heterocycles. The number of nitrogens with zero attached hydrogens (tertiary/aromatic N) is 3. The van der Waals surface area contributed by atoms with Gasteiger partial charge in [-0.1, -0.05) is 152 Å². The number of rotatable bonds is 21. The molecule has 4 atom stereocenters. The van der Waals surface area contributed by atoms with Crippen LogP contribution in [0.4, 0.5) is 0 Å². The molecule has 2 fully saturated rings. The van der Waals surface area contributed by atoms with Crippen LogP contribution in [0.25, 0.3) is 0 Å². The fourth-order valence-corrected chi connectivity index (χ4v) is 9.11. The van der Waals surface area contributed by atoms with Crippen molar-refractivity contribution in [2.75, 3.05) is 6.54 Å². The summed E-state index contributed by atoms with van der Waals surface area (Å²) < 4.78 is 0. The number of Topliss-reactive ketones (excluding diaryl/α,β-unsaturated/α-hetero) is 2. The second-order valence-corrected chi connectivity index (χ2v) is 18.5. The van der Waals surface area contributed by atoms with Crippen molar-refractivity contribution in [2.45, 2.75) is 88.7 Å². The van der Waals surface area contributed by atoms with E-state index in [1.54, 1.807) is 21.5 Å². The molecule has 4 unspecified atom stereocenters. The summed E-state index contributed by atoms with van der Waals surface area (Å²) in [5.74, 6) is -4.01. The number of carbonyl (C=O) groups excluding carboxylic acids is 8. The number of amides is 6. The van der Waals surface area contributed by atoms with Gasteiger partial charge in [0.1, 0.15) is 24.2 Å². The first kappa shape index (κ1) is 51.7. The molecule has 15 nitrogen and oxygen atoms in total. The lowest BCUT2D eigenvalue weighted by Crippen LogP contribution is -2.53. The Bertz CT molecular complexity index is 2770. The first-order valence-corrected chi connectivity index (χ1v) is 24.8. The van der Waals surface area contributed by atoms with Crippen LogP contribution in [0.15, 0.2) is 163 Å². The smallest absolute Gasteiger partial charge is 0.289 e. The maximum Gasteiger partial charge on any atom is 0.289 e. The van der Waals surface area contributed by atoms with Gasteiger partial charge in [0.25, 0.3) is 11.8 Å². The Morgan fingerprint density at radius 3 is 1.32 bits per heavy atom. The molecule has 2 saturated heterocycles. The summed E-state index contributed by atoms with van der Waals surface area (Å²) in [4.78, 5) is 111. The van der Waals surface area contributed by atoms with Crippen LogP contribution in [0.5, 0.6) is 0 Å². The van der Waals surface area contributed by atoms with Crippen molar-refractivity contribution in [1.82, 2.24) is 36.1 Å². The normalized spacial score (nSPS) is 15.9. The lowest BCUT2D eigenvalue weighted by Gasteiger charge is -2.26. The van der Waals surface area contributed by atoms with E-state index in [-0.39, 0.29) is 44.0 Å². The Morgan fingerprint density at radius 2 is 0.917 bits per heavy atom. The molecule has 4 N–H and O–H groups in total. The van der Waals surface area contributed by atoms with Gasteiger partial charge in [-0.2, -0.15) is 0 Å². The lowest BCUT2D eigenvalue weighted by atomic mass is 10.0. The topological polar surface area (TPSA) is 204 Å². The van der Waals surface area contributed by atoms with E-state index in [1.807, 2.05) is 152 Å². The Morgan fingerprint density at radius 1 is 0.528 bits per heavy atom.